The van der Waals surface area contributed by atoms with Gasteiger partial charge in [0, 0.05) is 37.4 Å². The van der Waals surface area contributed by atoms with Crippen LogP contribution in [0.4, 0.5) is 39.3 Å². The first-order valence-electron chi connectivity index (χ1n) is 13.3. The second-order valence-electron chi connectivity index (χ2n) is 9.26. The van der Waals surface area contributed by atoms with E-state index in [4.69, 9.17) is 5.26 Å². The van der Waals surface area contributed by atoms with Crippen LogP contribution < -0.4 is 16.0 Å². The van der Waals surface area contributed by atoms with Gasteiger partial charge in [0.05, 0.1) is 34.6 Å². The molecule has 0 unspecified atom stereocenters. The summed E-state index contributed by atoms with van der Waals surface area (Å²) in [5, 5.41) is 62.5. The maximum atomic E-state index is 11.3. The van der Waals surface area contributed by atoms with E-state index in [9.17, 15) is 19.8 Å². The number of carbonyl (C=O) groups is 2. The molecular formula is C29H26N12O4S. The van der Waals surface area contributed by atoms with Gasteiger partial charge in [-0.1, -0.05) is 12.1 Å². The first-order chi connectivity index (χ1) is 22.1. The topological polar surface area (TPSA) is 235 Å². The molecule has 232 valence electrons. The highest BCUT2D eigenvalue weighted by molar-refractivity contribution is 7.10. The van der Waals surface area contributed by atoms with Crippen LogP contribution in [0.25, 0.3) is 10.8 Å². The molecule has 17 heteroatoms. The fourth-order valence-corrected chi connectivity index (χ4v) is 4.64. The Morgan fingerprint density at radius 3 is 2.26 bits per heavy atom. The summed E-state index contributed by atoms with van der Waals surface area (Å²) in [6.07, 6.45) is 2.73. The van der Waals surface area contributed by atoms with Gasteiger partial charge in [-0.2, -0.15) is 14.7 Å². The van der Waals surface area contributed by atoms with E-state index in [1.165, 1.54) is 38.5 Å². The summed E-state index contributed by atoms with van der Waals surface area (Å²) in [5.41, 5.74) is 2.80. The number of hydrogen-bond acceptors (Lipinski definition) is 15. The van der Waals surface area contributed by atoms with Crippen molar-refractivity contribution in [1.82, 2.24) is 19.6 Å². The Morgan fingerprint density at radius 2 is 1.65 bits per heavy atom. The lowest BCUT2D eigenvalue weighted by Crippen LogP contribution is -2.09. The second kappa shape index (κ2) is 14.9. The molecule has 5 aromatic rings. The molecule has 0 spiro atoms. The maximum absolute atomic E-state index is 11.3. The normalized spacial score (nSPS) is 10.8. The molecule has 0 atom stereocenters. The lowest BCUT2D eigenvalue weighted by Gasteiger charge is -2.11. The Bertz CT molecular complexity index is 1970. The number of benzene rings is 3. The van der Waals surface area contributed by atoms with Crippen LogP contribution in [0.1, 0.15) is 25.1 Å². The summed E-state index contributed by atoms with van der Waals surface area (Å²) in [6, 6.07) is 13.7. The number of aromatic hydroxyl groups is 2. The summed E-state index contributed by atoms with van der Waals surface area (Å²) in [7, 11) is 1.81. The van der Waals surface area contributed by atoms with E-state index in [0.29, 0.717) is 33.1 Å². The van der Waals surface area contributed by atoms with Crippen molar-refractivity contribution in [3.05, 3.63) is 66.2 Å². The van der Waals surface area contributed by atoms with Crippen LogP contribution in [0.2, 0.25) is 0 Å². The van der Waals surface area contributed by atoms with Crippen molar-refractivity contribution in [2.45, 2.75) is 20.8 Å². The van der Waals surface area contributed by atoms with E-state index in [1.54, 1.807) is 19.1 Å². The molecule has 0 aliphatic rings. The molecule has 3 aromatic carbocycles. The summed E-state index contributed by atoms with van der Waals surface area (Å²) in [6.45, 7) is 4.26. The van der Waals surface area contributed by atoms with E-state index in [1.807, 2.05) is 31.3 Å². The smallest absolute Gasteiger partial charge is 0.221 e. The molecule has 16 nitrogen and oxygen atoms in total. The first kappa shape index (κ1) is 32.5. The SMILES string of the molecule is CC(=O)Nc1cc(N=Nc2snc(C)c2C#N)cc(NC(C)=O)c1O.CNc1cccc2c(O)ccc(N=Nc3cnncn3)c12. The van der Waals surface area contributed by atoms with Gasteiger partial charge in [0.15, 0.2) is 16.6 Å². The van der Waals surface area contributed by atoms with Gasteiger partial charge in [0.1, 0.15) is 23.7 Å². The Labute approximate surface area is 265 Å². The van der Waals surface area contributed by atoms with E-state index < -0.39 is 11.8 Å². The number of nitrogens with zero attached hydrogens (tertiary/aromatic N) is 9. The minimum Gasteiger partial charge on any atom is -0.507 e. The Kier molecular flexibility index (Phi) is 10.5. The highest BCUT2D eigenvalue weighted by Gasteiger charge is 2.14. The Balaban J connectivity index is 0.000000211. The van der Waals surface area contributed by atoms with Crippen LogP contribution in [-0.2, 0) is 9.59 Å². The number of amides is 2. The number of anilines is 3. The third-order valence-electron chi connectivity index (χ3n) is 5.94. The number of azo groups is 2. The summed E-state index contributed by atoms with van der Waals surface area (Å²) >= 11 is 1.03. The molecule has 0 bridgehead atoms. The van der Waals surface area contributed by atoms with E-state index >= 15 is 0 Å². The predicted octanol–water partition coefficient (Wildman–Crippen LogP) is 6.55. The van der Waals surface area contributed by atoms with Gasteiger partial charge in [0.25, 0.3) is 0 Å². The molecule has 0 aliphatic heterocycles. The summed E-state index contributed by atoms with van der Waals surface area (Å²) in [5.74, 6) is -0.528. The molecule has 0 radical (unpaired) electrons. The molecule has 0 aliphatic carbocycles. The highest BCUT2D eigenvalue weighted by Crippen LogP contribution is 2.39. The highest BCUT2D eigenvalue weighted by atomic mass is 32.1. The third-order valence-corrected chi connectivity index (χ3v) is 6.76. The van der Waals surface area contributed by atoms with Gasteiger partial charge in [0.2, 0.25) is 11.8 Å². The number of nitriles is 1. The minimum atomic E-state index is -0.400. The van der Waals surface area contributed by atoms with E-state index in [0.717, 1.165) is 22.6 Å². The van der Waals surface area contributed by atoms with Crippen molar-refractivity contribution < 1.29 is 19.8 Å². The Hall–Kier alpha value is -6.41. The Morgan fingerprint density at radius 1 is 0.935 bits per heavy atom. The number of carbonyl (C=O) groups excluding carboxylic acids is 2. The lowest BCUT2D eigenvalue weighted by molar-refractivity contribution is -0.115. The van der Waals surface area contributed by atoms with E-state index in [2.05, 4.69) is 56.0 Å². The standard InChI is InChI=1S/C15H14N6O3S.C14H12N6O/c1-7-11(6-16)15(25-21-7)20-19-10-4-12(17-8(2)22)14(24)13(5-10)18-9(3)23;1-15-10-4-2-3-9-12(21)6-5-11(14(9)10)19-20-13-7-17-18-8-16-13/h4-5,24H,1-3H3,(H,17,22)(H,18,23);2-8,15,21H,1H3. The fraction of sp³-hybridized carbons (Fsp3) is 0.138. The van der Waals surface area contributed by atoms with Crippen molar-refractivity contribution in [2.24, 2.45) is 20.5 Å². The molecule has 5 rings (SSSR count). The van der Waals surface area contributed by atoms with Crippen LogP contribution in [0, 0.1) is 18.3 Å². The molecule has 0 fully saturated rings. The number of hydrogen-bond donors (Lipinski definition) is 5. The lowest BCUT2D eigenvalue weighted by atomic mass is 10.1. The van der Waals surface area contributed by atoms with Crippen molar-refractivity contribution in [3.63, 3.8) is 0 Å². The third kappa shape index (κ3) is 7.94. The fourth-order valence-electron chi connectivity index (χ4n) is 3.96. The summed E-state index contributed by atoms with van der Waals surface area (Å²) in [4.78, 5) is 26.5. The number of phenols is 2. The van der Waals surface area contributed by atoms with Crippen molar-refractivity contribution >= 4 is 73.4 Å². The van der Waals surface area contributed by atoms with Crippen LogP contribution in [0.5, 0.6) is 11.5 Å². The number of nitrogens with one attached hydrogen (secondary N) is 3. The van der Waals surface area contributed by atoms with Crippen LogP contribution in [-0.4, -0.2) is 48.6 Å². The second-order valence-corrected chi connectivity index (χ2v) is 10.0. The van der Waals surface area contributed by atoms with Crippen molar-refractivity contribution in [1.29, 1.82) is 5.26 Å². The van der Waals surface area contributed by atoms with Gasteiger partial charge in [-0.3, -0.25) is 9.59 Å². The summed E-state index contributed by atoms with van der Waals surface area (Å²) < 4.78 is 4.04. The molecular weight excluding hydrogens is 612 g/mol. The molecule has 0 saturated heterocycles. The largest absolute Gasteiger partial charge is 0.507 e. The quantitative estimate of drug-likeness (QED) is 0.0951. The number of fused-ring (bicyclic) bond motifs is 1. The predicted molar refractivity (Wildman–Crippen MR) is 172 cm³/mol. The minimum absolute atomic E-state index is 0.0775. The van der Waals surface area contributed by atoms with Crippen molar-refractivity contribution in [3.8, 4) is 17.6 Å². The zero-order valence-electron chi connectivity index (χ0n) is 24.8. The molecule has 5 N–H and O–H groups in total. The number of phenolic OH excluding ortho intramolecular Hbond substituents is 2. The molecule has 2 amide bonds. The zero-order valence-corrected chi connectivity index (χ0v) is 25.7. The zero-order chi connectivity index (χ0) is 33.2. The number of aryl methyl sites for hydroxylation is 1. The van der Waals surface area contributed by atoms with E-state index in [-0.39, 0.29) is 28.6 Å². The van der Waals surface area contributed by atoms with Crippen LogP contribution in [0.3, 0.4) is 0 Å². The monoisotopic (exact) mass is 638 g/mol. The van der Waals surface area contributed by atoms with Crippen LogP contribution in [0.15, 0.2) is 75.4 Å². The van der Waals surface area contributed by atoms with Gasteiger partial charge in [-0.25, -0.2) is 4.98 Å². The maximum Gasteiger partial charge on any atom is 0.221 e. The molecule has 0 saturated carbocycles. The van der Waals surface area contributed by atoms with Gasteiger partial charge in [-0.05, 0) is 48.8 Å². The average molecular weight is 639 g/mol. The van der Waals surface area contributed by atoms with Gasteiger partial charge < -0.3 is 26.2 Å². The molecule has 2 heterocycles. The first-order valence-corrected chi connectivity index (χ1v) is 14.1. The van der Waals surface area contributed by atoms with Gasteiger partial charge in [-0.15, -0.1) is 25.6 Å². The molecule has 2 aromatic heterocycles. The average Bonchev–Trinajstić information content (AvgIpc) is 3.40. The van der Waals surface area contributed by atoms with Gasteiger partial charge >= 0.3 is 0 Å². The molecule has 46 heavy (non-hydrogen) atoms. The van der Waals surface area contributed by atoms with Crippen molar-refractivity contribution in [2.75, 3.05) is 23.0 Å². The van der Waals surface area contributed by atoms with Crippen LogP contribution >= 0.6 is 11.5 Å². The number of aromatic nitrogens is 4. The number of rotatable bonds is 7.